The molecule has 86 valence electrons. The molecule has 2 unspecified atom stereocenters. The number of hydrogen-bond acceptors (Lipinski definition) is 2. The Bertz CT molecular complexity index is 260. The normalized spacial score (nSPS) is 34.9. The van der Waals surface area contributed by atoms with Crippen LogP contribution < -0.4 is 5.73 Å². The molecule has 0 spiro atoms. The van der Waals surface area contributed by atoms with Crippen LogP contribution in [0.5, 0.6) is 0 Å². The summed E-state index contributed by atoms with van der Waals surface area (Å²) in [4.78, 5) is 0. The van der Waals surface area contributed by atoms with Gasteiger partial charge in [-0.1, -0.05) is 27.7 Å². The van der Waals surface area contributed by atoms with E-state index in [1.165, 1.54) is 0 Å². The number of nitrogens with two attached hydrogens (primary N) is 1. The van der Waals surface area contributed by atoms with Crippen molar-refractivity contribution in [2.45, 2.75) is 59.4 Å². The number of nitrogens with zero attached hydrogens (tertiary/aromatic N) is 1. The lowest BCUT2D eigenvalue weighted by Gasteiger charge is -2.40. The molecule has 0 bridgehead atoms. The van der Waals surface area contributed by atoms with E-state index in [-0.39, 0.29) is 17.4 Å². The molecule has 2 heteroatoms. The van der Waals surface area contributed by atoms with Crippen LogP contribution in [0.15, 0.2) is 0 Å². The number of hydrogen-bond donors (Lipinski definition) is 1. The Labute approximate surface area is 93.8 Å². The van der Waals surface area contributed by atoms with Gasteiger partial charge in [-0.05, 0) is 36.5 Å². The minimum atomic E-state index is 0.145. The van der Waals surface area contributed by atoms with E-state index in [0.29, 0.717) is 5.41 Å². The molecule has 1 rings (SSSR count). The zero-order valence-electron chi connectivity index (χ0n) is 10.5. The predicted octanol–water partition coefficient (Wildman–Crippen LogP) is 3.08. The summed E-state index contributed by atoms with van der Waals surface area (Å²) in [7, 11) is 0. The van der Waals surface area contributed by atoms with E-state index in [0.717, 1.165) is 25.7 Å². The summed E-state index contributed by atoms with van der Waals surface area (Å²) < 4.78 is 0. The average molecular weight is 208 g/mol. The summed E-state index contributed by atoms with van der Waals surface area (Å²) in [6.45, 7) is 9.13. The van der Waals surface area contributed by atoms with Crippen molar-refractivity contribution in [1.29, 1.82) is 5.26 Å². The monoisotopic (exact) mass is 208 g/mol. The Morgan fingerprint density at radius 3 is 2.20 bits per heavy atom. The Kier molecular flexibility index (Phi) is 3.45. The van der Waals surface area contributed by atoms with Crippen molar-refractivity contribution >= 4 is 0 Å². The van der Waals surface area contributed by atoms with Crippen molar-refractivity contribution in [2.24, 2.45) is 22.5 Å². The van der Waals surface area contributed by atoms with Crippen molar-refractivity contribution in [2.75, 3.05) is 0 Å². The van der Waals surface area contributed by atoms with Crippen molar-refractivity contribution < 1.29 is 0 Å². The van der Waals surface area contributed by atoms with E-state index in [4.69, 9.17) is 11.0 Å². The first-order valence-electron chi connectivity index (χ1n) is 5.89. The third kappa shape index (κ3) is 3.83. The van der Waals surface area contributed by atoms with E-state index < -0.39 is 0 Å². The predicted molar refractivity (Wildman–Crippen MR) is 63.1 cm³/mol. The molecular weight excluding hydrogens is 184 g/mol. The van der Waals surface area contributed by atoms with Gasteiger partial charge in [0.15, 0.2) is 0 Å². The highest BCUT2D eigenvalue weighted by atomic mass is 14.6. The molecule has 2 N–H and O–H groups in total. The van der Waals surface area contributed by atoms with Gasteiger partial charge in [-0.2, -0.15) is 5.26 Å². The minimum Gasteiger partial charge on any atom is -0.328 e. The third-order valence-electron chi connectivity index (χ3n) is 3.34. The Balaban J connectivity index is 2.81. The maximum Gasteiger partial charge on any atom is 0.0656 e. The molecule has 1 aliphatic carbocycles. The molecule has 0 aromatic carbocycles. The molecular formula is C13H24N2. The Morgan fingerprint density at radius 2 is 1.67 bits per heavy atom. The summed E-state index contributed by atoms with van der Waals surface area (Å²) >= 11 is 0. The van der Waals surface area contributed by atoms with Gasteiger partial charge in [0.2, 0.25) is 0 Å². The van der Waals surface area contributed by atoms with Crippen LogP contribution in [0.2, 0.25) is 0 Å². The fourth-order valence-electron chi connectivity index (χ4n) is 3.45. The zero-order valence-corrected chi connectivity index (χ0v) is 10.5. The molecule has 0 aliphatic heterocycles. The van der Waals surface area contributed by atoms with Gasteiger partial charge < -0.3 is 5.73 Å². The van der Waals surface area contributed by atoms with Crippen LogP contribution in [-0.2, 0) is 0 Å². The van der Waals surface area contributed by atoms with Gasteiger partial charge in [-0.3, -0.25) is 0 Å². The van der Waals surface area contributed by atoms with Crippen molar-refractivity contribution in [3.05, 3.63) is 0 Å². The molecule has 0 amide bonds. The summed E-state index contributed by atoms with van der Waals surface area (Å²) in [5.74, 6) is 0.145. The molecule has 0 saturated heterocycles. The van der Waals surface area contributed by atoms with E-state index in [1.54, 1.807) is 0 Å². The van der Waals surface area contributed by atoms with Gasteiger partial charge >= 0.3 is 0 Å². The first-order chi connectivity index (χ1) is 6.74. The van der Waals surface area contributed by atoms with Gasteiger partial charge in [0.25, 0.3) is 0 Å². The number of nitriles is 1. The van der Waals surface area contributed by atoms with Gasteiger partial charge in [0, 0.05) is 12.0 Å². The largest absolute Gasteiger partial charge is 0.328 e. The van der Waals surface area contributed by atoms with E-state index in [1.807, 2.05) is 0 Å². The molecule has 0 heterocycles. The van der Waals surface area contributed by atoms with Gasteiger partial charge in [0.1, 0.15) is 0 Å². The molecule has 15 heavy (non-hydrogen) atoms. The summed E-state index contributed by atoms with van der Waals surface area (Å²) in [6.07, 6.45) is 4.05. The SMILES string of the molecule is CC1(C)CC(N)CC(C#N)CC(C)(C)C1. The maximum absolute atomic E-state index is 9.08. The molecule has 1 aliphatic rings. The molecule has 2 nitrogen and oxygen atoms in total. The van der Waals surface area contributed by atoms with Crippen LogP contribution in [0.1, 0.15) is 53.4 Å². The van der Waals surface area contributed by atoms with Crippen molar-refractivity contribution in [3.8, 4) is 6.07 Å². The Hall–Kier alpha value is -0.550. The fraction of sp³-hybridized carbons (Fsp3) is 0.923. The zero-order chi connectivity index (χ0) is 11.7. The lowest BCUT2D eigenvalue weighted by molar-refractivity contribution is 0.123. The fourth-order valence-corrected chi connectivity index (χ4v) is 3.45. The van der Waals surface area contributed by atoms with Crippen LogP contribution in [0.25, 0.3) is 0 Å². The van der Waals surface area contributed by atoms with Crippen LogP contribution in [0, 0.1) is 28.1 Å². The van der Waals surface area contributed by atoms with E-state index in [2.05, 4.69) is 33.8 Å². The second-order valence-electron chi connectivity index (χ2n) is 6.74. The van der Waals surface area contributed by atoms with Crippen LogP contribution in [0.4, 0.5) is 0 Å². The first-order valence-corrected chi connectivity index (χ1v) is 5.89. The van der Waals surface area contributed by atoms with E-state index in [9.17, 15) is 0 Å². The number of rotatable bonds is 0. The van der Waals surface area contributed by atoms with Crippen molar-refractivity contribution in [3.63, 3.8) is 0 Å². The summed E-state index contributed by atoms with van der Waals surface area (Å²) in [6, 6.07) is 2.60. The van der Waals surface area contributed by atoms with E-state index >= 15 is 0 Å². The first kappa shape index (κ1) is 12.5. The van der Waals surface area contributed by atoms with Crippen LogP contribution >= 0.6 is 0 Å². The topological polar surface area (TPSA) is 49.8 Å². The molecule has 1 saturated carbocycles. The highest BCUT2D eigenvalue weighted by Gasteiger charge is 2.35. The summed E-state index contributed by atoms with van der Waals surface area (Å²) in [5, 5.41) is 9.08. The smallest absolute Gasteiger partial charge is 0.0656 e. The second kappa shape index (κ2) is 4.14. The van der Waals surface area contributed by atoms with Gasteiger partial charge in [-0.15, -0.1) is 0 Å². The molecule has 0 aromatic heterocycles. The highest BCUT2D eigenvalue weighted by Crippen LogP contribution is 2.43. The standard InChI is InChI=1S/C13H24N2/c1-12(2)6-10(8-14)5-11(15)7-13(3,4)9-12/h10-11H,5-7,9,15H2,1-4H3. The molecule has 1 fully saturated rings. The van der Waals surface area contributed by atoms with Crippen LogP contribution in [0.3, 0.4) is 0 Å². The quantitative estimate of drug-likeness (QED) is 0.665. The molecule has 0 aromatic rings. The Morgan fingerprint density at radius 1 is 1.13 bits per heavy atom. The highest BCUT2D eigenvalue weighted by molar-refractivity contribution is 4.95. The van der Waals surface area contributed by atoms with Gasteiger partial charge in [-0.25, -0.2) is 0 Å². The summed E-state index contributed by atoms with van der Waals surface area (Å²) in [5.41, 5.74) is 6.66. The lowest BCUT2D eigenvalue weighted by Crippen LogP contribution is -2.37. The van der Waals surface area contributed by atoms with Crippen LogP contribution in [-0.4, -0.2) is 6.04 Å². The average Bonchev–Trinajstić information content (AvgIpc) is 1.96. The molecule has 2 atom stereocenters. The van der Waals surface area contributed by atoms with Gasteiger partial charge in [0.05, 0.1) is 6.07 Å². The molecule has 0 radical (unpaired) electrons. The maximum atomic E-state index is 9.08. The second-order valence-corrected chi connectivity index (χ2v) is 6.74. The minimum absolute atomic E-state index is 0.145. The van der Waals surface area contributed by atoms with Crippen molar-refractivity contribution in [1.82, 2.24) is 0 Å². The third-order valence-corrected chi connectivity index (χ3v) is 3.34. The lowest BCUT2D eigenvalue weighted by atomic mass is 9.65.